The number of hydrogen-bond donors (Lipinski definition) is 4. The number of nitrogens with one attached hydrogen (secondary N) is 3. The average Bonchev–Trinajstić information content (AvgIpc) is 3.48. The first-order chi connectivity index (χ1) is 20.8. The summed E-state index contributed by atoms with van der Waals surface area (Å²) in [5, 5.41) is 13.5. The zero-order chi connectivity index (χ0) is 31.9. The van der Waals surface area contributed by atoms with Gasteiger partial charge in [0.25, 0.3) is 5.91 Å². The lowest BCUT2D eigenvalue weighted by Crippen LogP contribution is -2.50. The largest absolute Gasteiger partial charge is 0.382 e. The van der Waals surface area contributed by atoms with E-state index in [4.69, 9.17) is 41.7 Å². The van der Waals surface area contributed by atoms with Crippen molar-refractivity contribution in [3.05, 3.63) is 16.5 Å². The van der Waals surface area contributed by atoms with Crippen molar-refractivity contribution >= 4 is 29.3 Å². The van der Waals surface area contributed by atoms with Gasteiger partial charge in [0.2, 0.25) is 0 Å². The summed E-state index contributed by atoms with van der Waals surface area (Å²) in [4.78, 5) is 27.8. The molecule has 0 aliphatic carbocycles. The lowest BCUT2D eigenvalue weighted by molar-refractivity contribution is -0.145. The maximum Gasteiger partial charge on any atom is 0.280 e. The summed E-state index contributed by atoms with van der Waals surface area (Å²) in [5.74, 6) is -1.81. The van der Waals surface area contributed by atoms with Crippen molar-refractivity contribution in [2.75, 3.05) is 84.4 Å². The number of nitrogen functional groups attached to an aromatic ring is 1. The Morgan fingerprint density at radius 2 is 1.57 bits per heavy atom. The van der Waals surface area contributed by atoms with Gasteiger partial charge in [0.1, 0.15) is 0 Å². The maximum absolute atomic E-state index is 12.4. The van der Waals surface area contributed by atoms with Crippen LogP contribution in [0.25, 0.3) is 0 Å². The predicted molar refractivity (Wildman–Crippen MR) is 168 cm³/mol. The minimum atomic E-state index is -0.620. The number of nitrogens with zero attached hydrogens (tertiary/aromatic N) is 5. The van der Waals surface area contributed by atoms with Gasteiger partial charge in [-0.2, -0.15) is 0 Å². The zero-order valence-corrected chi connectivity index (χ0v) is 27.5. The van der Waals surface area contributed by atoms with Crippen molar-refractivity contribution in [3.8, 4) is 0 Å². The Balaban J connectivity index is 1.10. The normalized spacial score (nSPS) is 23.7. The monoisotopic (exact) mass is 639 g/mol. The third kappa shape index (κ3) is 10.7. The van der Waals surface area contributed by atoms with Crippen LogP contribution in [0.15, 0.2) is 0 Å². The Morgan fingerprint density at radius 1 is 1.00 bits per heavy atom. The first-order valence-electron chi connectivity index (χ1n) is 15.5. The van der Waals surface area contributed by atoms with Crippen molar-refractivity contribution in [2.45, 2.75) is 71.2 Å². The lowest BCUT2D eigenvalue weighted by Gasteiger charge is -2.36. The summed E-state index contributed by atoms with van der Waals surface area (Å²) in [6, 6.07) is 0. The van der Waals surface area contributed by atoms with Gasteiger partial charge in [0.05, 0.1) is 31.1 Å². The molecular formula is C29H50ClN9O5. The number of nitrogens with two attached hydrogens (primary N) is 1. The van der Waals surface area contributed by atoms with E-state index in [0.29, 0.717) is 25.5 Å². The summed E-state index contributed by atoms with van der Waals surface area (Å²) >= 11 is 5.95. The van der Waals surface area contributed by atoms with E-state index in [1.807, 2.05) is 27.7 Å². The minimum absolute atomic E-state index is 0.0228. The number of piperazine rings is 1. The van der Waals surface area contributed by atoms with Crippen LogP contribution < -0.4 is 16.4 Å². The van der Waals surface area contributed by atoms with Crippen molar-refractivity contribution < 1.29 is 23.7 Å². The van der Waals surface area contributed by atoms with Gasteiger partial charge in [-0.1, -0.05) is 11.6 Å². The molecule has 5 N–H and O–H groups in total. The fraction of sp³-hybridized carbons (Fsp3) is 0.793. The minimum Gasteiger partial charge on any atom is -0.382 e. The third-order valence-corrected chi connectivity index (χ3v) is 8.31. The van der Waals surface area contributed by atoms with Crippen LogP contribution in [0.5, 0.6) is 0 Å². The van der Waals surface area contributed by atoms with E-state index in [-0.39, 0.29) is 34.8 Å². The Morgan fingerprint density at radius 3 is 2.11 bits per heavy atom. The molecule has 0 bridgehead atoms. The molecule has 1 amide bonds. The third-order valence-electron chi connectivity index (χ3n) is 7.95. The fourth-order valence-electron chi connectivity index (χ4n) is 5.63. The SMILES string of the molecule is Cc1nc(N)c(C(=O)NC(=N)NCCCCN2CCN(CCN(C[C@H]3COC(C)(C)O3)C[C@H]3COC(C)(C)O3)CC2)nc1Cl. The summed E-state index contributed by atoms with van der Waals surface area (Å²) in [6.45, 7) is 20.0. The van der Waals surface area contributed by atoms with E-state index in [2.05, 4.69) is 35.3 Å². The van der Waals surface area contributed by atoms with E-state index in [1.165, 1.54) is 0 Å². The van der Waals surface area contributed by atoms with E-state index < -0.39 is 17.5 Å². The Kier molecular flexibility index (Phi) is 12.2. The summed E-state index contributed by atoms with van der Waals surface area (Å²) in [7, 11) is 0. The number of unbranched alkanes of at least 4 members (excludes halogenated alkanes) is 1. The summed E-state index contributed by atoms with van der Waals surface area (Å²) in [6.07, 6.45) is 1.96. The van der Waals surface area contributed by atoms with Gasteiger partial charge in [0, 0.05) is 58.9 Å². The highest BCUT2D eigenvalue weighted by molar-refractivity contribution is 6.30. The fourth-order valence-corrected chi connectivity index (χ4v) is 5.76. The number of carbonyl (C=O) groups excluding carboxylic acids is 1. The van der Waals surface area contributed by atoms with Crippen molar-refractivity contribution in [2.24, 2.45) is 0 Å². The van der Waals surface area contributed by atoms with Gasteiger partial charge in [0.15, 0.2) is 34.2 Å². The van der Waals surface area contributed by atoms with Crippen molar-refractivity contribution in [1.82, 2.24) is 35.3 Å². The van der Waals surface area contributed by atoms with E-state index >= 15 is 0 Å². The Bertz CT molecular complexity index is 1100. The van der Waals surface area contributed by atoms with Crippen LogP contribution in [-0.2, 0) is 18.9 Å². The second kappa shape index (κ2) is 15.4. The molecule has 0 aromatic carbocycles. The van der Waals surface area contributed by atoms with Crippen LogP contribution in [0.2, 0.25) is 5.15 Å². The van der Waals surface area contributed by atoms with Crippen LogP contribution in [0, 0.1) is 12.3 Å². The molecule has 3 fully saturated rings. The van der Waals surface area contributed by atoms with Crippen LogP contribution in [0.3, 0.4) is 0 Å². The highest BCUT2D eigenvalue weighted by Crippen LogP contribution is 2.25. The number of aryl methyl sites for hydroxylation is 1. The Labute approximate surface area is 265 Å². The molecule has 0 spiro atoms. The molecule has 248 valence electrons. The number of rotatable bonds is 13. The molecule has 1 aromatic rings. The van der Waals surface area contributed by atoms with Crippen LogP contribution in [-0.4, -0.2) is 139 Å². The molecule has 4 heterocycles. The van der Waals surface area contributed by atoms with Gasteiger partial charge < -0.3 is 34.9 Å². The smallest absolute Gasteiger partial charge is 0.280 e. The topological polar surface area (TPSA) is 163 Å². The van der Waals surface area contributed by atoms with E-state index in [0.717, 1.165) is 71.7 Å². The zero-order valence-electron chi connectivity index (χ0n) is 26.8. The van der Waals surface area contributed by atoms with Gasteiger partial charge in [-0.15, -0.1) is 0 Å². The van der Waals surface area contributed by atoms with Crippen LogP contribution >= 0.6 is 11.6 Å². The molecule has 0 radical (unpaired) electrons. The van der Waals surface area contributed by atoms with Crippen molar-refractivity contribution in [3.63, 3.8) is 0 Å². The molecular weight excluding hydrogens is 590 g/mol. The predicted octanol–water partition coefficient (Wildman–Crippen LogP) is 1.28. The van der Waals surface area contributed by atoms with E-state index in [9.17, 15) is 4.79 Å². The average molecular weight is 640 g/mol. The summed E-state index contributed by atoms with van der Waals surface area (Å²) in [5.41, 5.74) is 6.13. The molecule has 0 saturated carbocycles. The molecule has 4 rings (SSSR count). The molecule has 3 aliphatic rings. The summed E-state index contributed by atoms with van der Waals surface area (Å²) < 4.78 is 23.8. The highest BCUT2D eigenvalue weighted by atomic mass is 35.5. The Hall–Kier alpha value is -2.17. The number of aromatic nitrogens is 2. The van der Waals surface area contributed by atoms with Crippen LogP contribution in [0.1, 0.15) is 56.7 Å². The second-order valence-electron chi connectivity index (χ2n) is 12.6. The number of ether oxygens (including phenoxy) is 4. The number of halogens is 1. The quantitative estimate of drug-likeness (QED) is 0.139. The molecule has 44 heavy (non-hydrogen) atoms. The first kappa shape index (κ1) is 34.7. The molecule has 2 atom stereocenters. The molecule has 3 aliphatic heterocycles. The molecule has 0 unspecified atom stereocenters. The highest BCUT2D eigenvalue weighted by Gasteiger charge is 2.37. The number of carbonyl (C=O) groups is 1. The standard InChI is InChI=1S/C29H50ClN9O5/c1-20-24(30)35-23(25(31)34-20)26(40)36-27(32)33-8-6-7-9-37-10-12-38(13-11-37)14-15-39(16-21-18-41-28(2,3)43-21)17-22-19-42-29(4,5)44-22/h21-22H,6-19H2,1-5H3,(H2,31,34)(H3,32,33,36,40)/t21-,22-/m0/s1. The molecule has 1 aromatic heterocycles. The van der Waals surface area contributed by atoms with Crippen LogP contribution in [0.4, 0.5) is 5.82 Å². The maximum atomic E-state index is 12.4. The molecule has 15 heteroatoms. The molecule has 14 nitrogen and oxygen atoms in total. The number of anilines is 1. The lowest BCUT2D eigenvalue weighted by atomic mass is 10.2. The number of guanidine groups is 1. The van der Waals surface area contributed by atoms with Gasteiger partial charge in [-0.05, 0) is 54.0 Å². The van der Waals surface area contributed by atoms with Crippen molar-refractivity contribution in [1.29, 1.82) is 5.41 Å². The number of amides is 1. The first-order valence-corrected chi connectivity index (χ1v) is 15.9. The van der Waals surface area contributed by atoms with Gasteiger partial charge in [-0.3, -0.25) is 25.3 Å². The van der Waals surface area contributed by atoms with E-state index in [1.54, 1.807) is 6.92 Å². The molecule has 3 saturated heterocycles. The second-order valence-corrected chi connectivity index (χ2v) is 13.0. The number of hydrogen-bond acceptors (Lipinski definition) is 12. The van der Waals surface area contributed by atoms with Gasteiger partial charge >= 0.3 is 0 Å². The van der Waals surface area contributed by atoms with Gasteiger partial charge in [-0.25, -0.2) is 9.97 Å².